The van der Waals surface area contributed by atoms with E-state index >= 15 is 0 Å². The summed E-state index contributed by atoms with van der Waals surface area (Å²) < 4.78 is 10.5. The topological polar surface area (TPSA) is 64.6 Å². The maximum absolute atomic E-state index is 11.8. The number of carbonyl (C=O) groups excluding carboxylic acids is 2. The van der Waals surface area contributed by atoms with Crippen LogP contribution in [0.25, 0.3) is 0 Å². The number of hydrogen-bond acceptors (Lipinski definition) is 4. The maximum Gasteiger partial charge on any atom is 0.408 e. The lowest BCUT2D eigenvalue weighted by Gasteiger charge is -2.23. The fourth-order valence-corrected chi connectivity index (χ4v) is 2.09. The second kappa shape index (κ2) is 5.53. The molecule has 0 aliphatic carbocycles. The third kappa shape index (κ3) is 3.73. The van der Waals surface area contributed by atoms with E-state index in [4.69, 9.17) is 9.47 Å². The molecule has 2 rings (SSSR count). The second-order valence-corrected chi connectivity index (χ2v) is 5.78. The van der Waals surface area contributed by atoms with E-state index in [1.807, 2.05) is 30.3 Å². The van der Waals surface area contributed by atoms with E-state index in [0.29, 0.717) is 0 Å². The van der Waals surface area contributed by atoms with Gasteiger partial charge in [0, 0.05) is 0 Å². The van der Waals surface area contributed by atoms with Crippen LogP contribution in [0, 0.1) is 0 Å². The van der Waals surface area contributed by atoms with Crippen molar-refractivity contribution in [1.29, 1.82) is 0 Å². The van der Waals surface area contributed by atoms with E-state index in [2.05, 4.69) is 5.32 Å². The van der Waals surface area contributed by atoms with Gasteiger partial charge in [-0.15, -0.1) is 0 Å². The third-order valence-corrected chi connectivity index (χ3v) is 2.84. The van der Waals surface area contributed by atoms with E-state index in [1.54, 1.807) is 20.8 Å². The van der Waals surface area contributed by atoms with Crippen LogP contribution >= 0.6 is 0 Å². The Morgan fingerprint density at radius 2 is 1.95 bits per heavy atom. The summed E-state index contributed by atoms with van der Waals surface area (Å²) in [4.78, 5) is 23.3. The number of nitrogens with one attached hydrogen (secondary N) is 1. The Morgan fingerprint density at radius 3 is 2.55 bits per heavy atom. The molecule has 1 aromatic carbocycles. The van der Waals surface area contributed by atoms with E-state index < -0.39 is 23.8 Å². The Kier molecular flexibility index (Phi) is 3.97. The Hall–Kier alpha value is -2.04. The first kappa shape index (κ1) is 14.4. The van der Waals surface area contributed by atoms with Gasteiger partial charge in [-0.25, -0.2) is 4.79 Å². The molecule has 108 valence electrons. The van der Waals surface area contributed by atoms with Crippen molar-refractivity contribution in [3.63, 3.8) is 0 Å². The van der Waals surface area contributed by atoms with Gasteiger partial charge in [0.05, 0.1) is 12.5 Å². The molecule has 0 saturated carbocycles. The molecular formula is C15H19NO4. The highest BCUT2D eigenvalue weighted by Gasteiger charge is 2.37. The van der Waals surface area contributed by atoms with Crippen molar-refractivity contribution in [2.75, 3.05) is 0 Å². The minimum atomic E-state index is -0.574. The first-order chi connectivity index (χ1) is 9.35. The molecule has 1 aromatic rings. The van der Waals surface area contributed by atoms with Crippen molar-refractivity contribution in [3.8, 4) is 0 Å². The summed E-state index contributed by atoms with van der Waals surface area (Å²) in [6.07, 6.45) is -0.850. The van der Waals surface area contributed by atoms with Crippen molar-refractivity contribution in [2.24, 2.45) is 0 Å². The minimum Gasteiger partial charge on any atom is -0.455 e. The zero-order valence-electron chi connectivity index (χ0n) is 11.9. The summed E-state index contributed by atoms with van der Waals surface area (Å²) in [5.41, 5.74) is 0.287. The summed E-state index contributed by atoms with van der Waals surface area (Å²) in [6, 6.07) is 8.95. The Morgan fingerprint density at radius 1 is 1.30 bits per heavy atom. The van der Waals surface area contributed by atoms with Crippen LogP contribution in [0.5, 0.6) is 0 Å². The quantitative estimate of drug-likeness (QED) is 0.844. The molecule has 20 heavy (non-hydrogen) atoms. The molecule has 0 aromatic heterocycles. The molecule has 5 heteroatoms. The van der Waals surface area contributed by atoms with Gasteiger partial charge in [-0.05, 0) is 26.3 Å². The SMILES string of the molecule is CC(C)(C)OC(=O)N[C@@H]1CC(=O)O[C@@H]1c1ccccc1. The molecule has 1 heterocycles. The number of hydrogen-bond donors (Lipinski definition) is 1. The normalized spacial score (nSPS) is 22.2. The van der Waals surface area contributed by atoms with Gasteiger partial charge in [0.15, 0.2) is 0 Å². The van der Waals surface area contributed by atoms with Crippen LogP contribution in [0.1, 0.15) is 38.9 Å². The van der Waals surface area contributed by atoms with E-state index in [-0.39, 0.29) is 12.4 Å². The van der Waals surface area contributed by atoms with Gasteiger partial charge in [-0.3, -0.25) is 4.79 Å². The number of benzene rings is 1. The molecule has 1 amide bonds. The fourth-order valence-electron chi connectivity index (χ4n) is 2.09. The first-order valence-electron chi connectivity index (χ1n) is 6.59. The molecule has 1 N–H and O–H groups in total. The smallest absolute Gasteiger partial charge is 0.408 e. The van der Waals surface area contributed by atoms with Gasteiger partial charge in [0.1, 0.15) is 11.7 Å². The van der Waals surface area contributed by atoms with Crippen molar-refractivity contribution in [3.05, 3.63) is 35.9 Å². The molecule has 0 radical (unpaired) electrons. The van der Waals surface area contributed by atoms with Crippen LogP contribution in [-0.2, 0) is 14.3 Å². The van der Waals surface area contributed by atoms with Crippen molar-refractivity contribution in [2.45, 2.75) is 44.9 Å². The molecule has 0 spiro atoms. The lowest BCUT2D eigenvalue weighted by molar-refractivity contribution is -0.141. The molecule has 0 bridgehead atoms. The maximum atomic E-state index is 11.8. The fraction of sp³-hybridized carbons (Fsp3) is 0.467. The lowest BCUT2D eigenvalue weighted by atomic mass is 10.0. The number of cyclic esters (lactones) is 1. The number of alkyl carbamates (subject to hydrolysis) is 1. The monoisotopic (exact) mass is 277 g/mol. The second-order valence-electron chi connectivity index (χ2n) is 5.78. The van der Waals surface area contributed by atoms with Crippen LogP contribution < -0.4 is 5.32 Å². The summed E-state index contributed by atoms with van der Waals surface area (Å²) in [5.74, 6) is -0.320. The largest absolute Gasteiger partial charge is 0.455 e. The van der Waals surface area contributed by atoms with E-state index in [1.165, 1.54) is 0 Å². The Bertz CT molecular complexity index is 492. The number of ether oxygens (including phenoxy) is 2. The highest BCUT2D eigenvalue weighted by molar-refractivity contribution is 5.76. The third-order valence-electron chi connectivity index (χ3n) is 2.84. The molecule has 2 atom stereocenters. The summed E-state index contributed by atoms with van der Waals surface area (Å²) >= 11 is 0. The highest BCUT2D eigenvalue weighted by Crippen LogP contribution is 2.30. The van der Waals surface area contributed by atoms with Crippen LogP contribution in [0.15, 0.2) is 30.3 Å². The summed E-state index contributed by atoms with van der Waals surface area (Å²) in [6.45, 7) is 5.37. The van der Waals surface area contributed by atoms with Crippen LogP contribution in [-0.4, -0.2) is 23.7 Å². The van der Waals surface area contributed by atoms with Gasteiger partial charge in [0.2, 0.25) is 0 Å². The van der Waals surface area contributed by atoms with Gasteiger partial charge >= 0.3 is 12.1 Å². The van der Waals surface area contributed by atoms with Crippen molar-refractivity contribution < 1.29 is 19.1 Å². The molecular weight excluding hydrogens is 258 g/mol. The predicted octanol–water partition coefficient (Wildman–Crippen LogP) is 2.57. The van der Waals surface area contributed by atoms with E-state index in [0.717, 1.165) is 5.56 Å². The van der Waals surface area contributed by atoms with Crippen molar-refractivity contribution >= 4 is 12.1 Å². The Balaban J connectivity index is 2.06. The standard InChI is InChI=1S/C15H19NO4/c1-15(2,3)20-14(18)16-11-9-12(17)19-13(11)10-7-5-4-6-8-10/h4-8,11,13H,9H2,1-3H3,(H,16,18)/t11-,13-/m1/s1. The summed E-state index contributed by atoms with van der Waals surface area (Å²) in [7, 11) is 0. The molecule has 0 unspecified atom stereocenters. The summed E-state index contributed by atoms with van der Waals surface area (Å²) in [5, 5.41) is 2.71. The molecule has 5 nitrogen and oxygen atoms in total. The van der Waals surface area contributed by atoms with Crippen molar-refractivity contribution in [1.82, 2.24) is 5.32 Å². The average Bonchev–Trinajstić information content (AvgIpc) is 2.68. The lowest BCUT2D eigenvalue weighted by Crippen LogP contribution is -2.40. The number of esters is 1. The number of rotatable bonds is 2. The minimum absolute atomic E-state index is 0.152. The van der Waals surface area contributed by atoms with E-state index in [9.17, 15) is 9.59 Å². The van der Waals surface area contributed by atoms with Gasteiger partial charge < -0.3 is 14.8 Å². The zero-order chi connectivity index (χ0) is 14.8. The first-order valence-corrected chi connectivity index (χ1v) is 6.59. The number of amides is 1. The molecule has 1 aliphatic rings. The van der Waals surface area contributed by atoms with Crippen LogP contribution in [0.3, 0.4) is 0 Å². The zero-order valence-corrected chi connectivity index (χ0v) is 11.9. The molecule has 1 fully saturated rings. The number of carbonyl (C=O) groups is 2. The molecule has 1 aliphatic heterocycles. The predicted molar refractivity (Wildman–Crippen MR) is 73.0 cm³/mol. The highest BCUT2D eigenvalue weighted by atomic mass is 16.6. The van der Waals surface area contributed by atoms with Gasteiger partial charge in [-0.2, -0.15) is 0 Å². The van der Waals surface area contributed by atoms with Gasteiger partial charge in [-0.1, -0.05) is 30.3 Å². The van der Waals surface area contributed by atoms with Crippen LogP contribution in [0.4, 0.5) is 4.79 Å². The van der Waals surface area contributed by atoms with Gasteiger partial charge in [0.25, 0.3) is 0 Å². The molecule has 1 saturated heterocycles. The average molecular weight is 277 g/mol. The van der Waals surface area contributed by atoms with Crippen LogP contribution in [0.2, 0.25) is 0 Å². The Labute approximate surface area is 118 Å².